The van der Waals surface area contributed by atoms with Crippen LogP contribution in [0.1, 0.15) is 12.8 Å². The van der Waals surface area contributed by atoms with Crippen LogP contribution < -0.4 is 4.80 Å². The van der Waals surface area contributed by atoms with Gasteiger partial charge in [0.1, 0.15) is 6.04 Å². The highest BCUT2D eigenvalue weighted by atomic mass is 79.9. The van der Waals surface area contributed by atoms with Crippen LogP contribution in [0.15, 0.2) is 56.8 Å². The third kappa shape index (κ3) is 4.85. The van der Waals surface area contributed by atoms with Gasteiger partial charge < -0.3 is 4.57 Å². The van der Waals surface area contributed by atoms with Crippen molar-refractivity contribution in [2.45, 2.75) is 30.3 Å². The van der Waals surface area contributed by atoms with Crippen LogP contribution in [0.4, 0.5) is 0 Å². The molecule has 0 radical (unpaired) electrons. The van der Waals surface area contributed by atoms with E-state index >= 15 is 0 Å². The van der Waals surface area contributed by atoms with E-state index in [0.717, 1.165) is 20.4 Å². The number of carbonyl (C=O) groups is 1. The summed E-state index contributed by atoms with van der Waals surface area (Å²) in [5.41, 5.74) is 1.01. The van der Waals surface area contributed by atoms with Crippen molar-refractivity contribution in [3.8, 4) is 0 Å². The van der Waals surface area contributed by atoms with Crippen LogP contribution in [0.3, 0.4) is 0 Å². The van der Waals surface area contributed by atoms with Crippen LogP contribution in [-0.4, -0.2) is 47.8 Å². The highest BCUT2D eigenvalue weighted by molar-refractivity contribution is 9.10. The van der Waals surface area contributed by atoms with Crippen LogP contribution in [0.2, 0.25) is 5.02 Å². The minimum atomic E-state index is -3.82. The van der Waals surface area contributed by atoms with Gasteiger partial charge in [-0.1, -0.05) is 38.9 Å². The van der Waals surface area contributed by atoms with E-state index in [9.17, 15) is 13.2 Å². The van der Waals surface area contributed by atoms with E-state index in [2.05, 4.69) is 20.9 Å². The molecule has 1 fully saturated rings. The molecule has 11 heteroatoms. The molecule has 0 bridgehead atoms. The van der Waals surface area contributed by atoms with E-state index in [-0.39, 0.29) is 4.90 Å². The molecule has 1 atom stereocenters. The van der Waals surface area contributed by atoms with E-state index in [1.807, 2.05) is 29.0 Å². The van der Waals surface area contributed by atoms with Crippen LogP contribution in [0.25, 0.3) is 10.2 Å². The Morgan fingerprint density at radius 2 is 2.03 bits per heavy atom. The third-order valence-corrected chi connectivity index (χ3v) is 9.58. The van der Waals surface area contributed by atoms with Gasteiger partial charge in [0.05, 0.1) is 15.1 Å². The summed E-state index contributed by atoms with van der Waals surface area (Å²) in [6, 6.07) is 11.2. The minimum Gasteiger partial charge on any atom is -0.316 e. The summed E-state index contributed by atoms with van der Waals surface area (Å²) >= 11 is 12.5. The van der Waals surface area contributed by atoms with Gasteiger partial charge >= 0.3 is 0 Å². The average Bonchev–Trinajstić information content (AvgIpc) is 3.37. The van der Waals surface area contributed by atoms with Gasteiger partial charge in [0.15, 0.2) is 4.80 Å². The quantitative estimate of drug-likeness (QED) is 0.426. The second kappa shape index (κ2) is 9.99. The lowest BCUT2D eigenvalue weighted by Gasteiger charge is -2.21. The predicted molar refractivity (Wildman–Crippen MR) is 135 cm³/mol. The van der Waals surface area contributed by atoms with Gasteiger partial charge in [-0.05, 0) is 61.6 Å². The van der Waals surface area contributed by atoms with Crippen molar-refractivity contribution in [1.82, 2.24) is 8.87 Å². The Hall–Kier alpha value is -1.17. The standard InChI is InChI=1S/C21H21BrClN3O3S3/c1-30-12-11-25-17-9-4-14(22)13-19(17)31-21(25)24-20(27)18-3-2-10-26(18)32(28,29)16-7-5-15(23)6-8-16/h4-9,13,18H,2-3,10-12H2,1H3. The summed E-state index contributed by atoms with van der Waals surface area (Å²) in [6.07, 6.45) is 3.10. The fraction of sp³-hybridized carbons (Fsp3) is 0.333. The van der Waals surface area contributed by atoms with Crippen molar-refractivity contribution >= 4 is 76.8 Å². The molecular formula is C21H21BrClN3O3S3. The summed E-state index contributed by atoms with van der Waals surface area (Å²) in [5.74, 6) is 0.451. The van der Waals surface area contributed by atoms with E-state index < -0.39 is 22.0 Å². The highest BCUT2D eigenvalue weighted by Gasteiger charge is 2.39. The molecule has 0 aliphatic carbocycles. The number of fused-ring (bicyclic) bond motifs is 1. The largest absolute Gasteiger partial charge is 0.316 e. The fourth-order valence-electron chi connectivity index (χ4n) is 3.72. The lowest BCUT2D eigenvalue weighted by Crippen LogP contribution is -2.40. The van der Waals surface area contributed by atoms with Gasteiger partial charge in [-0.2, -0.15) is 21.1 Å². The maximum absolute atomic E-state index is 13.2. The number of halogens is 2. The number of rotatable bonds is 6. The summed E-state index contributed by atoms with van der Waals surface area (Å²) < 4.78 is 31.6. The minimum absolute atomic E-state index is 0.128. The first-order valence-corrected chi connectivity index (χ1v) is 14.8. The molecule has 1 saturated heterocycles. The highest BCUT2D eigenvalue weighted by Crippen LogP contribution is 2.28. The summed E-state index contributed by atoms with van der Waals surface area (Å²) in [4.78, 5) is 18.4. The number of carbonyl (C=O) groups excluding carboxylic acids is 1. The van der Waals surface area contributed by atoms with Crippen LogP contribution >= 0.6 is 50.6 Å². The predicted octanol–water partition coefficient (Wildman–Crippen LogP) is 4.76. The molecular weight excluding hydrogens is 554 g/mol. The van der Waals surface area contributed by atoms with Crippen molar-refractivity contribution in [3.05, 3.63) is 56.8 Å². The van der Waals surface area contributed by atoms with E-state index in [1.165, 1.54) is 39.9 Å². The first-order chi connectivity index (χ1) is 15.3. The zero-order valence-electron chi connectivity index (χ0n) is 17.2. The molecule has 1 amide bonds. The Bertz CT molecular complexity index is 1320. The van der Waals surface area contributed by atoms with Gasteiger partial charge in [0.2, 0.25) is 10.0 Å². The Labute approximate surface area is 208 Å². The van der Waals surface area contributed by atoms with Crippen molar-refractivity contribution < 1.29 is 13.2 Å². The molecule has 1 aliphatic rings. The maximum Gasteiger partial charge on any atom is 0.266 e. The molecule has 2 heterocycles. The van der Waals surface area contributed by atoms with Crippen LogP contribution in [-0.2, 0) is 21.4 Å². The number of thioether (sulfide) groups is 1. The molecule has 2 aromatic carbocycles. The maximum atomic E-state index is 13.2. The Morgan fingerprint density at radius 1 is 1.28 bits per heavy atom. The third-order valence-electron chi connectivity index (χ3n) is 5.28. The number of hydrogen-bond donors (Lipinski definition) is 0. The second-order valence-corrected chi connectivity index (χ2v) is 12.6. The van der Waals surface area contributed by atoms with E-state index in [0.29, 0.717) is 35.8 Å². The number of aromatic nitrogens is 1. The molecule has 32 heavy (non-hydrogen) atoms. The fourth-order valence-corrected chi connectivity index (χ4v) is 7.47. The Balaban J connectivity index is 1.71. The first-order valence-electron chi connectivity index (χ1n) is 9.95. The molecule has 170 valence electrons. The van der Waals surface area contributed by atoms with Gasteiger partial charge in [0.25, 0.3) is 5.91 Å². The number of amides is 1. The van der Waals surface area contributed by atoms with Gasteiger partial charge in [-0.25, -0.2) is 8.42 Å². The molecule has 1 unspecified atom stereocenters. The zero-order chi connectivity index (χ0) is 22.9. The van der Waals surface area contributed by atoms with Crippen LogP contribution in [0.5, 0.6) is 0 Å². The zero-order valence-corrected chi connectivity index (χ0v) is 22.0. The average molecular weight is 575 g/mol. The molecule has 6 nitrogen and oxygen atoms in total. The number of thiazole rings is 1. The topological polar surface area (TPSA) is 71.7 Å². The number of nitrogens with zero attached hydrogens (tertiary/aromatic N) is 3. The number of sulfonamides is 1. The Morgan fingerprint density at radius 3 is 2.75 bits per heavy atom. The molecule has 4 rings (SSSR count). The summed E-state index contributed by atoms with van der Waals surface area (Å²) in [7, 11) is -3.82. The van der Waals surface area contributed by atoms with Crippen molar-refractivity contribution in [1.29, 1.82) is 0 Å². The van der Waals surface area contributed by atoms with E-state index in [4.69, 9.17) is 11.6 Å². The first kappa shape index (κ1) is 24.0. The monoisotopic (exact) mass is 573 g/mol. The SMILES string of the molecule is CSCCn1c(=NC(=O)C2CCCN2S(=O)(=O)c2ccc(Cl)cc2)sc2cc(Br)ccc21. The molecule has 1 aliphatic heterocycles. The number of benzene rings is 2. The van der Waals surface area contributed by atoms with Gasteiger partial charge in [-0.15, -0.1) is 0 Å². The van der Waals surface area contributed by atoms with Crippen molar-refractivity contribution in [3.63, 3.8) is 0 Å². The molecule has 0 N–H and O–H groups in total. The molecule has 1 aromatic heterocycles. The van der Waals surface area contributed by atoms with E-state index in [1.54, 1.807) is 11.8 Å². The van der Waals surface area contributed by atoms with Gasteiger partial charge in [-0.3, -0.25) is 4.79 Å². The second-order valence-electron chi connectivity index (χ2n) is 7.32. The van der Waals surface area contributed by atoms with Gasteiger partial charge in [0, 0.05) is 28.3 Å². The molecule has 3 aromatic rings. The summed E-state index contributed by atoms with van der Waals surface area (Å²) in [6.45, 7) is 1.01. The normalized spacial score (nSPS) is 18.0. The lowest BCUT2D eigenvalue weighted by atomic mass is 10.2. The van der Waals surface area contributed by atoms with Crippen molar-refractivity contribution in [2.24, 2.45) is 4.99 Å². The lowest BCUT2D eigenvalue weighted by molar-refractivity contribution is -0.121. The molecule has 0 saturated carbocycles. The smallest absolute Gasteiger partial charge is 0.266 e. The Kier molecular flexibility index (Phi) is 7.48. The van der Waals surface area contributed by atoms with Crippen molar-refractivity contribution in [2.75, 3.05) is 18.6 Å². The molecule has 0 spiro atoms. The van der Waals surface area contributed by atoms with Crippen LogP contribution in [0, 0.1) is 0 Å². The summed E-state index contributed by atoms with van der Waals surface area (Å²) in [5, 5.41) is 0.458. The number of aryl methyl sites for hydroxylation is 1. The number of hydrogen-bond acceptors (Lipinski definition) is 5.